The van der Waals surface area contributed by atoms with E-state index in [0.717, 1.165) is 46.2 Å². The van der Waals surface area contributed by atoms with Gasteiger partial charge in [-0.05, 0) is 71.8 Å². The van der Waals surface area contributed by atoms with E-state index in [0.29, 0.717) is 22.3 Å². The Morgan fingerprint density at radius 1 is 0.657 bits per heavy atom. The van der Waals surface area contributed by atoms with Crippen LogP contribution in [0.2, 0.25) is 0 Å². The van der Waals surface area contributed by atoms with Crippen LogP contribution in [0.1, 0.15) is 69.4 Å². The van der Waals surface area contributed by atoms with Gasteiger partial charge in [-0.25, -0.2) is 14.4 Å². The molecule has 2 aliphatic rings. The Bertz CT molecular complexity index is 2880. The molecule has 2 aromatic heterocycles. The molecule has 0 aliphatic carbocycles. The lowest BCUT2D eigenvalue weighted by molar-refractivity contribution is -0.903. The van der Waals surface area contributed by atoms with Crippen molar-refractivity contribution in [1.29, 1.82) is 10.5 Å². The maximum Gasteiger partial charge on any atom is 0.416 e. The van der Waals surface area contributed by atoms with Crippen LogP contribution in [-0.4, -0.2) is 73.7 Å². The zero-order chi connectivity index (χ0) is 50.3. The highest BCUT2D eigenvalue weighted by Crippen LogP contribution is 2.48. The first-order valence-electron chi connectivity index (χ1n) is 21.6. The third-order valence-electron chi connectivity index (χ3n) is 12.5. The minimum atomic E-state index is -4.72. The van der Waals surface area contributed by atoms with Gasteiger partial charge in [-0.1, -0.05) is 36.4 Å². The minimum Gasteiger partial charge on any atom is -0.494 e. The number of benzene rings is 4. The molecule has 15 nitrogen and oxygen atoms in total. The number of carboxylic acid groups (broad SMARTS) is 1. The normalized spacial score (nSPS) is 15.9. The SMILES string of the molecule is C[N+](CCCn1cc2c(c1O)[C@@H](c1ccc(C#N)cc1)NC(=O)N2c1cccc(C(F)(F)F)c1)(CCCn1cc2c(c1O)[C@@H](c1ccc(C#N)cc1)NC(=O)N2c1cccc(C(F)(F)F)c1)CC(=O)O. The van der Waals surface area contributed by atoms with Gasteiger partial charge in [0.25, 0.3) is 0 Å². The number of aromatic hydroxyl groups is 2. The van der Waals surface area contributed by atoms with Gasteiger partial charge in [-0.3, -0.25) is 9.80 Å². The number of aliphatic carboxylic acids is 1. The van der Waals surface area contributed by atoms with Crippen molar-refractivity contribution in [3.05, 3.63) is 154 Å². The van der Waals surface area contributed by atoms with Crippen molar-refractivity contribution in [3.63, 3.8) is 0 Å². The Kier molecular flexibility index (Phi) is 12.7. The highest BCUT2D eigenvalue weighted by atomic mass is 19.4. The van der Waals surface area contributed by atoms with Crippen LogP contribution < -0.4 is 20.4 Å². The van der Waals surface area contributed by atoms with Crippen LogP contribution in [0.4, 0.5) is 58.7 Å². The number of alkyl halides is 6. The largest absolute Gasteiger partial charge is 0.494 e. The average molecular weight is 967 g/mol. The monoisotopic (exact) mass is 966 g/mol. The predicted molar refractivity (Wildman–Crippen MR) is 240 cm³/mol. The van der Waals surface area contributed by atoms with Gasteiger partial charge in [0, 0.05) is 38.3 Å². The van der Waals surface area contributed by atoms with Crippen molar-refractivity contribution in [2.24, 2.45) is 0 Å². The number of urea groups is 2. The molecule has 360 valence electrons. The molecule has 8 rings (SSSR count). The number of halogens is 6. The molecule has 0 radical (unpaired) electrons. The van der Waals surface area contributed by atoms with E-state index in [1.54, 1.807) is 31.3 Å². The number of hydrogen-bond donors (Lipinski definition) is 5. The van der Waals surface area contributed by atoms with E-state index in [2.05, 4.69) is 10.6 Å². The molecule has 6 aromatic rings. The van der Waals surface area contributed by atoms with Crippen molar-refractivity contribution < 1.29 is 60.5 Å². The smallest absolute Gasteiger partial charge is 0.416 e. The fourth-order valence-electron chi connectivity index (χ4n) is 9.08. The second kappa shape index (κ2) is 18.6. The lowest BCUT2D eigenvalue weighted by atomic mass is 9.96. The zero-order valence-electron chi connectivity index (χ0n) is 37.0. The van der Waals surface area contributed by atoms with Crippen LogP contribution in [0.15, 0.2) is 109 Å². The molecule has 4 aromatic carbocycles. The number of nitrogens with zero attached hydrogens (tertiary/aromatic N) is 7. The number of carbonyl (C=O) groups excluding carboxylic acids is 2. The number of quaternary nitrogens is 1. The van der Waals surface area contributed by atoms with E-state index in [1.165, 1.54) is 57.9 Å². The number of aromatic nitrogens is 2. The summed E-state index contributed by atoms with van der Waals surface area (Å²) in [6, 6.07) is 21.2. The Balaban J connectivity index is 1.05. The summed E-state index contributed by atoms with van der Waals surface area (Å²) >= 11 is 0. The van der Waals surface area contributed by atoms with Crippen molar-refractivity contribution in [1.82, 2.24) is 19.8 Å². The van der Waals surface area contributed by atoms with E-state index in [-0.39, 0.29) is 95.7 Å². The van der Waals surface area contributed by atoms with Crippen LogP contribution >= 0.6 is 0 Å². The van der Waals surface area contributed by atoms with Crippen molar-refractivity contribution in [3.8, 4) is 23.9 Å². The fourth-order valence-corrected chi connectivity index (χ4v) is 9.08. The molecule has 5 N–H and O–H groups in total. The first-order valence-corrected chi connectivity index (χ1v) is 21.6. The molecule has 0 fully saturated rings. The summed E-state index contributed by atoms with van der Waals surface area (Å²) in [6.45, 7) is 0.182. The van der Waals surface area contributed by atoms with E-state index >= 15 is 0 Å². The number of rotatable bonds is 14. The number of hydrogen-bond acceptors (Lipinski definition) is 7. The number of carboxylic acids is 1. The van der Waals surface area contributed by atoms with Crippen molar-refractivity contribution >= 4 is 40.8 Å². The topological polar surface area (TPSA) is 200 Å². The number of anilines is 4. The second-order valence-electron chi connectivity index (χ2n) is 17.2. The quantitative estimate of drug-likeness (QED) is 0.0525. The van der Waals surface area contributed by atoms with Crippen molar-refractivity contribution in [2.75, 3.05) is 36.5 Å². The molecule has 0 saturated heterocycles. The molecule has 70 heavy (non-hydrogen) atoms. The van der Waals surface area contributed by atoms with Crippen LogP contribution in [-0.2, 0) is 30.2 Å². The molecule has 0 saturated carbocycles. The summed E-state index contributed by atoms with van der Waals surface area (Å²) in [5, 5.41) is 57.8. The summed E-state index contributed by atoms with van der Waals surface area (Å²) in [4.78, 5) is 41.9. The minimum absolute atomic E-state index is 0.0608. The Morgan fingerprint density at radius 3 is 1.39 bits per heavy atom. The summed E-state index contributed by atoms with van der Waals surface area (Å²) in [5.41, 5.74) is -0.127. The maximum atomic E-state index is 13.8. The highest BCUT2D eigenvalue weighted by Gasteiger charge is 2.41. The molecule has 4 amide bonds. The number of likely N-dealkylation sites (N-methyl/N-ethyl adjacent to an activating group) is 1. The van der Waals surface area contributed by atoms with Crippen LogP contribution in [0.5, 0.6) is 11.8 Å². The van der Waals surface area contributed by atoms with Crippen LogP contribution in [0, 0.1) is 22.7 Å². The van der Waals surface area contributed by atoms with Gasteiger partial charge in [-0.15, -0.1) is 0 Å². The van der Waals surface area contributed by atoms with Gasteiger partial charge in [0.2, 0.25) is 0 Å². The summed E-state index contributed by atoms with van der Waals surface area (Å²) in [7, 11) is 1.70. The number of carbonyl (C=O) groups is 3. The van der Waals surface area contributed by atoms with Gasteiger partial charge >= 0.3 is 30.4 Å². The van der Waals surface area contributed by atoms with Gasteiger partial charge in [0.15, 0.2) is 18.3 Å². The summed E-state index contributed by atoms with van der Waals surface area (Å²) < 4.78 is 85.7. The van der Waals surface area contributed by atoms with Crippen LogP contribution in [0.3, 0.4) is 0 Å². The molecule has 2 aliphatic heterocycles. The number of aryl methyl sites for hydroxylation is 2. The highest BCUT2D eigenvalue weighted by molar-refractivity contribution is 6.04. The van der Waals surface area contributed by atoms with Crippen LogP contribution in [0.25, 0.3) is 0 Å². The molecule has 4 heterocycles. The zero-order valence-corrected chi connectivity index (χ0v) is 37.0. The van der Waals surface area contributed by atoms with E-state index in [9.17, 15) is 66.6 Å². The summed E-state index contributed by atoms with van der Waals surface area (Å²) in [5.74, 6) is -1.75. The Labute approximate surface area is 395 Å². The first kappa shape index (κ1) is 48.0. The average Bonchev–Trinajstić information content (AvgIpc) is 3.82. The molecule has 0 bridgehead atoms. The molecule has 0 spiro atoms. The molecular weight excluding hydrogens is 925 g/mol. The molecule has 0 unspecified atom stereocenters. The van der Waals surface area contributed by atoms with Gasteiger partial charge in [-0.2, -0.15) is 36.9 Å². The van der Waals surface area contributed by atoms with Gasteiger partial charge < -0.3 is 39.6 Å². The second-order valence-corrected chi connectivity index (χ2v) is 17.2. The number of nitrogens with one attached hydrogen (secondary N) is 2. The number of fused-ring (bicyclic) bond motifs is 2. The Morgan fingerprint density at radius 2 is 1.04 bits per heavy atom. The molecule has 21 heteroatoms. The first-order chi connectivity index (χ1) is 33.2. The maximum absolute atomic E-state index is 13.8. The fraction of sp³-hybridized carbons (Fsp3) is 0.245. The summed E-state index contributed by atoms with van der Waals surface area (Å²) in [6.07, 6.45) is -6.09. The predicted octanol–water partition coefficient (Wildman–Crippen LogP) is 9.39. The third-order valence-corrected chi connectivity index (χ3v) is 12.5. The van der Waals surface area contributed by atoms with E-state index < -0.39 is 53.6 Å². The standard InChI is InChI=1S/C49H41F6N9O6/c1-64(28-39(65)66,20-4-18-60-26-37-40(44(60)67)42(31-14-10-29(24-56)11-15-31)58-46(69)62(37)35-8-2-6-33(22-35)48(50,51)52)21-5-19-61-27-38-41(45(61)68)43(32-16-12-30(25-57)13-17-32)59-47(70)63(38)36-9-3-7-34(23-36)49(53,54)55/h2-3,6-17,22-23,26-27,42-43H,4-5,18-21,28H2,1H3,(H4-,58,59,65,66,67,68,69,70)/p+1/t42-,43-/m1/s1. The number of amides is 4. The lowest BCUT2D eigenvalue weighted by Crippen LogP contribution is -2.49. The lowest BCUT2D eigenvalue weighted by Gasteiger charge is -2.33. The van der Waals surface area contributed by atoms with E-state index in [4.69, 9.17) is 0 Å². The Hall–Kier alpha value is -8.43. The van der Waals surface area contributed by atoms with Gasteiger partial charge in [0.1, 0.15) is 0 Å². The van der Waals surface area contributed by atoms with E-state index in [1.807, 2.05) is 12.1 Å². The third kappa shape index (κ3) is 9.51. The molecule has 2 atom stereocenters. The van der Waals surface area contributed by atoms with Crippen molar-refractivity contribution in [2.45, 2.75) is 50.4 Å². The van der Waals surface area contributed by atoms with Gasteiger partial charge in [0.05, 0.1) is 100 Å². The molecular formula is C49H42F6N9O6+. The number of nitriles is 2.